The van der Waals surface area contributed by atoms with Crippen LogP contribution < -0.4 is 0 Å². The van der Waals surface area contributed by atoms with Crippen LogP contribution in [0.1, 0.15) is 51.1 Å². The zero-order chi connectivity index (χ0) is 27.4. The van der Waals surface area contributed by atoms with Gasteiger partial charge in [-0.15, -0.1) is 12.5 Å². The summed E-state index contributed by atoms with van der Waals surface area (Å²) >= 11 is 0. The highest BCUT2D eigenvalue weighted by atomic mass is 19.2. The normalized spacial score (nSPS) is 15.8. The average Bonchev–Trinajstić information content (AvgIpc) is 3.51. The van der Waals surface area contributed by atoms with E-state index in [9.17, 15) is 8.78 Å². The summed E-state index contributed by atoms with van der Waals surface area (Å²) in [4.78, 5) is 12.6. The van der Waals surface area contributed by atoms with E-state index < -0.39 is 17.8 Å². The molecule has 0 bridgehead atoms. The van der Waals surface area contributed by atoms with Gasteiger partial charge in [0.2, 0.25) is 5.89 Å². The van der Waals surface area contributed by atoms with Crippen LogP contribution in [0.3, 0.4) is 0 Å². The van der Waals surface area contributed by atoms with E-state index in [1.54, 1.807) is 44.2 Å². The van der Waals surface area contributed by atoms with Crippen LogP contribution in [0.5, 0.6) is 0 Å². The van der Waals surface area contributed by atoms with Crippen molar-refractivity contribution in [1.29, 1.82) is 0 Å². The zero-order valence-corrected chi connectivity index (χ0v) is 22.1. The summed E-state index contributed by atoms with van der Waals surface area (Å²) < 4.78 is 37.8. The maximum Gasteiger partial charge on any atom is 0.246 e. The quantitative estimate of drug-likeness (QED) is 0.358. The number of allylic oxidation sites excluding steroid dienone is 3. The molecule has 2 aromatic rings. The van der Waals surface area contributed by atoms with Gasteiger partial charge in [0.25, 0.3) is 0 Å². The Morgan fingerprint density at radius 2 is 2.05 bits per heavy atom. The molecule has 4 rings (SSSR count). The van der Waals surface area contributed by atoms with E-state index in [1.807, 2.05) is 44.1 Å². The Kier molecular flexibility index (Phi) is 11.5. The Balaban J connectivity index is 0.000000617. The van der Waals surface area contributed by atoms with E-state index in [2.05, 4.69) is 38.3 Å². The monoisotopic (exact) mass is 509 g/mol. The molecule has 1 aromatic heterocycles. The van der Waals surface area contributed by atoms with Gasteiger partial charge in [-0.3, -0.25) is 4.99 Å². The van der Waals surface area contributed by atoms with Gasteiger partial charge in [-0.1, -0.05) is 43.1 Å². The number of methoxy groups -OCH3 is 1. The summed E-state index contributed by atoms with van der Waals surface area (Å²) in [7, 11) is 3.43. The lowest BCUT2D eigenvalue weighted by Gasteiger charge is -2.25. The highest BCUT2D eigenvalue weighted by molar-refractivity contribution is 6.09. The highest BCUT2D eigenvalue weighted by Crippen LogP contribution is 2.35. The number of halogens is 2. The molecular weight excluding hydrogens is 476 g/mol. The third-order valence-electron chi connectivity index (χ3n) is 5.10. The van der Waals surface area contributed by atoms with Gasteiger partial charge in [0, 0.05) is 37.7 Å². The van der Waals surface area contributed by atoms with Crippen molar-refractivity contribution in [1.82, 2.24) is 19.9 Å². The number of hydrogen-bond donors (Lipinski definition) is 0. The van der Waals surface area contributed by atoms with Crippen molar-refractivity contribution in [2.75, 3.05) is 20.8 Å². The van der Waals surface area contributed by atoms with E-state index in [0.717, 1.165) is 17.3 Å². The van der Waals surface area contributed by atoms with Gasteiger partial charge in [-0.25, -0.2) is 8.78 Å². The van der Waals surface area contributed by atoms with Crippen molar-refractivity contribution in [2.24, 2.45) is 4.99 Å². The fourth-order valence-electron chi connectivity index (χ4n) is 3.34. The molecule has 3 heterocycles. The topological polar surface area (TPSA) is 67.0 Å². The number of aliphatic imine (C=N–C) groups is 1. The van der Waals surface area contributed by atoms with Crippen molar-refractivity contribution in [3.8, 4) is 11.8 Å². The van der Waals surface area contributed by atoms with Gasteiger partial charge in [0.1, 0.15) is 6.54 Å². The molecule has 2 aliphatic rings. The average molecular weight is 510 g/mol. The SMILES string of the molecule is C=CCOC.CC.CC#C/C=C(\C)c1noc(CN2C=CC3=NC(c4cccc(F)c4F)N(C)C3=C2)n1. The Hall–Kier alpha value is -4.03. The molecule has 0 saturated heterocycles. The van der Waals surface area contributed by atoms with E-state index in [1.165, 1.54) is 6.07 Å². The van der Waals surface area contributed by atoms with Crippen molar-refractivity contribution < 1.29 is 18.0 Å². The zero-order valence-electron chi connectivity index (χ0n) is 22.1. The van der Waals surface area contributed by atoms with Crippen molar-refractivity contribution >= 4 is 11.3 Å². The fourth-order valence-corrected chi connectivity index (χ4v) is 3.34. The van der Waals surface area contributed by atoms with Crippen LogP contribution >= 0.6 is 0 Å². The fraction of sp³-hybridized carbons (Fsp3) is 0.321. The van der Waals surface area contributed by atoms with Crippen LogP contribution in [0.15, 0.2) is 70.6 Å². The van der Waals surface area contributed by atoms with Gasteiger partial charge in [-0.05, 0) is 32.1 Å². The molecule has 0 saturated carbocycles. The van der Waals surface area contributed by atoms with Gasteiger partial charge >= 0.3 is 0 Å². The minimum Gasteiger partial charge on any atom is -0.381 e. The minimum absolute atomic E-state index is 0.194. The molecule has 196 valence electrons. The predicted molar refractivity (Wildman–Crippen MR) is 142 cm³/mol. The number of rotatable bonds is 6. The van der Waals surface area contributed by atoms with E-state index >= 15 is 0 Å². The molecule has 1 aromatic carbocycles. The van der Waals surface area contributed by atoms with E-state index in [4.69, 9.17) is 4.52 Å². The lowest BCUT2D eigenvalue weighted by atomic mass is 10.1. The summed E-state index contributed by atoms with van der Waals surface area (Å²) in [5.41, 5.74) is 2.50. The standard InChI is InChI=1S/C22H19F2N5O.C4H8O.C2H6/c1-4-5-7-14(2)21-26-19(30-27-21)13-29-11-10-17-18(12-29)28(3)22(25-17)15-8-6-9-16(23)20(15)24;1-3-4-5-2;1-2/h6-12,22H,13H2,1-3H3;3H,1,4H2,2H3;1-2H3/b14-7+;;. The van der Waals surface area contributed by atoms with Gasteiger partial charge < -0.3 is 19.1 Å². The van der Waals surface area contributed by atoms with E-state index in [-0.39, 0.29) is 5.56 Å². The first-order valence-electron chi connectivity index (χ1n) is 11.8. The molecule has 9 heteroatoms. The molecule has 37 heavy (non-hydrogen) atoms. The third kappa shape index (κ3) is 7.48. The van der Waals surface area contributed by atoms with Crippen molar-refractivity contribution in [2.45, 2.75) is 40.4 Å². The van der Waals surface area contributed by atoms with Gasteiger partial charge in [0.05, 0.1) is 18.0 Å². The van der Waals surface area contributed by atoms with Crippen LogP contribution in [-0.2, 0) is 11.3 Å². The number of nitrogens with zero attached hydrogens (tertiary/aromatic N) is 5. The number of benzene rings is 1. The first-order valence-corrected chi connectivity index (χ1v) is 11.8. The summed E-state index contributed by atoms with van der Waals surface area (Å²) in [5, 5.41) is 3.98. The Labute approximate surface area is 217 Å². The molecule has 0 fully saturated rings. The molecule has 7 nitrogen and oxygen atoms in total. The number of ether oxygens (including phenoxy) is 1. The lowest BCUT2D eigenvalue weighted by Crippen LogP contribution is -2.25. The van der Waals surface area contributed by atoms with Crippen LogP contribution in [-0.4, -0.2) is 46.4 Å². The Morgan fingerprint density at radius 3 is 2.70 bits per heavy atom. The van der Waals surface area contributed by atoms with Crippen LogP contribution in [0.4, 0.5) is 8.78 Å². The predicted octanol–water partition coefficient (Wildman–Crippen LogP) is 5.88. The first-order chi connectivity index (χ1) is 17.9. The molecule has 0 aliphatic carbocycles. The lowest BCUT2D eigenvalue weighted by molar-refractivity contribution is 0.234. The Morgan fingerprint density at radius 1 is 1.30 bits per heavy atom. The molecule has 2 aliphatic heterocycles. The minimum atomic E-state index is -0.886. The van der Waals surface area contributed by atoms with E-state index in [0.29, 0.717) is 30.6 Å². The molecule has 0 radical (unpaired) electrons. The number of fused-ring (bicyclic) bond motifs is 1. The number of aromatic nitrogens is 2. The smallest absolute Gasteiger partial charge is 0.246 e. The van der Waals surface area contributed by atoms with Crippen molar-refractivity contribution in [3.05, 3.63) is 90.0 Å². The molecule has 0 amide bonds. The Bertz CT molecular complexity index is 1250. The van der Waals surface area contributed by atoms with Crippen LogP contribution in [0.2, 0.25) is 0 Å². The second kappa shape index (κ2) is 14.5. The first kappa shape index (κ1) is 29.2. The molecule has 1 atom stereocenters. The second-order valence-corrected chi connectivity index (χ2v) is 7.62. The maximum absolute atomic E-state index is 14.3. The number of hydrogen-bond acceptors (Lipinski definition) is 7. The molecule has 1 unspecified atom stereocenters. The van der Waals surface area contributed by atoms with Gasteiger partial charge in [0.15, 0.2) is 23.6 Å². The summed E-state index contributed by atoms with van der Waals surface area (Å²) in [6.07, 6.45) is 8.33. The van der Waals surface area contributed by atoms with Crippen molar-refractivity contribution in [3.63, 3.8) is 0 Å². The maximum atomic E-state index is 14.3. The molecule has 0 N–H and O–H groups in total. The second-order valence-electron chi connectivity index (χ2n) is 7.62. The molecular formula is C28H33F2N5O2. The molecule has 0 spiro atoms. The highest BCUT2D eigenvalue weighted by Gasteiger charge is 2.32. The largest absolute Gasteiger partial charge is 0.381 e. The van der Waals surface area contributed by atoms with Crippen LogP contribution in [0.25, 0.3) is 5.57 Å². The third-order valence-corrected chi connectivity index (χ3v) is 5.10. The summed E-state index contributed by atoms with van der Waals surface area (Å²) in [6.45, 7) is 12.1. The van der Waals surface area contributed by atoms with Crippen LogP contribution in [0, 0.1) is 23.5 Å². The summed E-state index contributed by atoms with van der Waals surface area (Å²) in [6, 6.07) is 4.12. The summed E-state index contributed by atoms with van der Waals surface area (Å²) in [5.74, 6) is 4.81. The van der Waals surface area contributed by atoms with Gasteiger partial charge in [-0.2, -0.15) is 4.98 Å².